The van der Waals surface area contributed by atoms with Gasteiger partial charge in [-0.15, -0.1) is 0 Å². The Morgan fingerprint density at radius 2 is 1.80 bits per heavy atom. The van der Waals surface area contributed by atoms with Gasteiger partial charge in [0.1, 0.15) is 4.99 Å². The summed E-state index contributed by atoms with van der Waals surface area (Å²) in [4.78, 5) is 0.307. The lowest BCUT2D eigenvalue weighted by Crippen LogP contribution is -2.24. The molecule has 0 radical (unpaired) electrons. The van der Waals surface area contributed by atoms with E-state index in [0.717, 1.165) is 31.2 Å². The fourth-order valence-electron chi connectivity index (χ4n) is 2.59. The van der Waals surface area contributed by atoms with E-state index in [-0.39, 0.29) is 11.7 Å². The predicted molar refractivity (Wildman–Crippen MR) is 86.3 cm³/mol. The van der Waals surface area contributed by atoms with Gasteiger partial charge in [-0.25, -0.2) is 8.42 Å². The molecule has 0 unspecified atom stereocenters. The number of sulfonamides is 1. The zero-order chi connectivity index (χ0) is 14.6. The van der Waals surface area contributed by atoms with E-state index < -0.39 is 10.0 Å². The Hall–Kier alpha value is -1.14. The van der Waals surface area contributed by atoms with Crippen LogP contribution < -0.4 is 10.5 Å². The first-order valence-corrected chi connectivity index (χ1v) is 8.93. The number of thiocarbonyl (C=S) groups is 1. The molecule has 4 nitrogen and oxygen atoms in total. The molecular formula is C14H20N2O2S2. The molecule has 1 aliphatic rings. The largest absolute Gasteiger partial charge is 0.389 e. The molecule has 3 N–H and O–H groups in total. The summed E-state index contributed by atoms with van der Waals surface area (Å²) in [6, 6.07) is 6.82. The van der Waals surface area contributed by atoms with Crippen molar-refractivity contribution in [2.75, 3.05) is 10.5 Å². The SMILES string of the molecule is NC(=S)c1ccc(NS(=O)(=O)CC2CCCCC2)cc1. The summed E-state index contributed by atoms with van der Waals surface area (Å²) in [6.45, 7) is 0. The molecule has 0 saturated heterocycles. The van der Waals surface area contributed by atoms with Crippen LogP contribution in [0.5, 0.6) is 0 Å². The van der Waals surface area contributed by atoms with Crippen molar-refractivity contribution in [1.29, 1.82) is 0 Å². The van der Waals surface area contributed by atoms with Crippen LogP contribution in [0.3, 0.4) is 0 Å². The highest BCUT2D eigenvalue weighted by molar-refractivity contribution is 7.92. The van der Waals surface area contributed by atoms with Crippen LogP contribution in [0, 0.1) is 5.92 Å². The maximum absolute atomic E-state index is 12.1. The molecule has 0 aromatic heterocycles. The van der Waals surface area contributed by atoms with E-state index in [4.69, 9.17) is 18.0 Å². The summed E-state index contributed by atoms with van der Waals surface area (Å²) >= 11 is 4.86. The van der Waals surface area contributed by atoms with E-state index >= 15 is 0 Å². The second kappa shape index (κ2) is 6.54. The Morgan fingerprint density at radius 1 is 1.20 bits per heavy atom. The standard InChI is InChI=1S/C14H20N2O2S2/c15-14(19)12-6-8-13(9-7-12)16-20(17,18)10-11-4-2-1-3-5-11/h6-9,11,16H,1-5,10H2,(H2,15,19). The second-order valence-electron chi connectivity index (χ2n) is 5.33. The first-order chi connectivity index (χ1) is 9.46. The van der Waals surface area contributed by atoms with E-state index in [1.165, 1.54) is 6.42 Å². The van der Waals surface area contributed by atoms with Gasteiger partial charge in [-0.3, -0.25) is 4.72 Å². The number of nitrogens with two attached hydrogens (primary N) is 1. The molecule has 6 heteroatoms. The molecule has 0 spiro atoms. The highest BCUT2D eigenvalue weighted by atomic mass is 32.2. The summed E-state index contributed by atoms with van der Waals surface area (Å²) < 4.78 is 26.9. The lowest BCUT2D eigenvalue weighted by molar-refractivity contribution is 0.385. The van der Waals surface area contributed by atoms with Gasteiger partial charge in [0.25, 0.3) is 0 Å². The van der Waals surface area contributed by atoms with Crippen molar-refractivity contribution >= 4 is 32.9 Å². The van der Waals surface area contributed by atoms with Crippen LogP contribution in [0.4, 0.5) is 5.69 Å². The first-order valence-electron chi connectivity index (χ1n) is 6.87. The van der Waals surface area contributed by atoms with Crippen LogP contribution in [0.2, 0.25) is 0 Å². The Kier molecular flexibility index (Phi) is 4.99. The van der Waals surface area contributed by atoms with Crippen molar-refractivity contribution in [2.24, 2.45) is 11.7 Å². The highest BCUT2D eigenvalue weighted by Crippen LogP contribution is 2.25. The van der Waals surface area contributed by atoms with Crippen LogP contribution in [-0.4, -0.2) is 19.2 Å². The second-order valence-corrected chi connectivity index (χ2v) is 7.54. The van der Waals surface area contributed by atoms with Crippen molar-refractivity contribution in [2.45, 2.75) is 32.1 Å². The minimum atomic E-state index is -3.28. The minimum Gasteiger partial charge on any atom is -0.389 e. The third-order valence-corrected chi connectivity index (χ3v) is 5.32. The van der Waals surface area contributed by atoms with Crippen LogP contribution in [0.25, 0.3) is 0 Å². The smallest absolute Gasteiger partial charge is 0.232 e. The van der Waals surface area contributed by atoms with Crippen molar-refractivity contribution < 1.29 is 8.42 Å². The molecule has 0 aliphatic heterocycles. The molecule has 110 valence electrons. The number of hydrogen-bond acceptors (Lipinski definition) is 3. The molecule has 1 aliphatic carbocycles. The average molecular weight is 312 g/mol. The fourth-order valence-corrected chi connectivity index (χ4v) is 4.26. The monoisotopic (exact) mass is 312 g/mol. The number of nitrogens with one attached hydrogen (secondary N) is 1. The van der Waals surface area contributed by atoms with E-state index in [9.17, 15) is 8.42 Å². The van der Waals surface area contributed by atoms with E-state index in [0.29, 0.717) is 10.7 Å². The van der Waals surface area contributed by atoms with Gasteiger partial charge < -0.3 is 5.73 Å². The Labute approximate surface area is 125 Å². The number of rotatable bonds is 5. The molecule has 2 rings (SSSR count). The fraction of sp³-hybridized carbons (Fsp3) is 0.500. The Bertz CT molecular complexity index is 561. The maximum Gasteiger partial charge on any atom is 0.232 e. The Morgan fingerprint density at radius 3 is 2.35 bits per heavy atom. The van der Waals surface area contributed by atoms with E-state index in [1.807, 2.05) is 0 Å². The van der Waals surface area contributed by atoms with E-state index in [2.05, 4.69) is 4.72 Å². The lowest BCUT2D eigenvalue weighted by atomic mass is 9.91. The van der Waals surface area contributed by atoms with Gasteiger partial charge in [0.15, 0.2) is 0 Å². The summed E-state index contributed by atoms with van der Waals surface area (Å²) in [5.74, 6) is 0.501. The van der Waals surface area contributed by atoms with Crippen molar-refractivity contribution in [3.63, 3.8) is 0 Å². The number of anilines is 1. The molecule has 20 heavy (non-hydrogen) atoms. The molecule has 0 bridgehead atoms. The first kappa shape index (κ1) is 15.3. The average Bonchev–Trinajstić information content (AvgIpc) is 2.39. The topological polar surface area (TPSA) is 72.2 Å². The minimum absolute atomic E-state index is 0.212. The van der Waals surface area contributed by atoms with Crippen LogP contribution in [0.15, 0.2) is 24.3 Å². The molecule has 0 amide bonds. The Balaban J connectivity index is 1.98. The zero-order valence-electron chi connectivity index (χ0n) is 11.3. The lowest BCUT2D eigenvalue weighted by Gasteiger charge is -2.21. The van der Waals surface area contributed by atoms with Crippen LogP contribution in [-0.2, 0) is 10.0 Å². The third kappa shape index (κ3) is 4.45. The highest BCUT2D eigenvalue weighted by Gasteiger charge is 2.21. The third-order valence-electron chi connectivity index (χ3n) is 3.62. The normalized spacial score (nSPS) is 16.8. The molecular weight excluding hydrogens is 292 g/mol. The molecule has 1 fully saturated rings. The summed E-state index contributed by atoms with van der Waals surface area (Å²) in [6.07, 6.45) is 5.54. The van der Waals surface area contributed by atoms with Crippen molar-refractivity contribution in [3.05, 3.63) is 29.8 Å². The zero-order valence-corrected chi connectivity index (χ0v) is 13.0. The van der Waals surface area contributed by atoms with Gasteiger partial charge in [-0.2, -0.15) is 0 Å². The molecule has 1 aromatic rings. The van der Waals surface area contributed by atoms with Gasteiger partial charge >= 0.3 is 0 Å². The maximum atomic E-state index is 12.1. The summed E-state index contributed by atoms with van der Waals surface area (Å²) in [5, 5.41) is 0. The van der Waals surface area contributed by atoms with Gasteiger partial charge in [-0.1, -0.05) is 31.5 Å². The van der Waals surface area contributed by atoms with Gasteiger partial charge in [-0.05, 0) is 43.0 Å². The van der Waals surface area contributed by atoms with Crippen LogP contribution in [0.1, 0.15) is 37.7 Å². The van der Waals surface area contributed by atoms with Gasteiger partial charge in [0.05, 0.1) is 5.75 Å². The molecule has 0 heterocycles. The van der Waals surface area contributed by atoms with Gasteiger partial charge in [0.2, 0.25) is 10.0 Å². The quantitative estimate of drug-likeness (QED) is 0.820. The van der Waals surface area contributed by atoms with Crippen LogP contribution >= 0.6 is 12.2 Å². The summed E-state index contributed by atoms with van der Waals surface area (Å²) in [5.41, 5.74) is 6.80. The van der Waals surface area contributed by atoms with E-state index in [1.54, 1.807) is 24.3 Å². The predicted octanol–water partition coefficient (Wildman–Crippen LogP) is 2.64. The summed E-state index contributed by atoms with van der Waals surface area (Å²) in [7, 11) is -3.28. The number of hydrogen-bond donors (Lipinski definition) is 2. The molecule has 0 atom stereocenters. The van der Waals surface area contributed by atoms with Crippen molar-refractivity contribution in [1.82, 2.24) is 0 Å². The van der Waals surface area contributed by atoms with Crippen molar-refractivity contribution in [3.8, 4) is 0 Å². The number of benzene rings is 1. The molecule has 1 saturated carbocycles. The van der Waals surface area contributed by atoms with Gasteiger partial charge in [0, 0.05) is 11.3 Å². The molecule has 1 aromatic carbocycles.